The van der Waals surface area contributed by atoms with Crippen LogP contribution in [0.2, 0.25) is 0 Å². The standard InChI is InChI=1S/C22H34N6S2.HI/c1-16-25-18(15-29-16)13-28-10-8-17(9-11-28)12-24-22(23-2)27(3)14-21-26-19-6-4-5-7-20(19)30-21;/h15,17H,4-14H2,1-3H3,(H,23,24);1H. The molecule has 6 nitrogen and oxygen atoms in total. The molecule has 172 valence electrons. The quantitative estimate of drug-likeness (QED) is 0.317. The molecule has 0 radical (unpaired) electrons. The summed E-state index contributed by atoms with van der Waals surface area (Å²) in [5.74, 6) is 1.68. The number of likely N-dealkylation sites (tertiary alicyclic amines) is 1. The van der Waals surface area contributed by atoms with Crippen LogP contribution in [0.1, 0.15) is 52.0 Å². The zero-order valence-corrected chi connectivity index (χ0v) is 22.9. The minimum atomic E-state index is 0. The van der Waals surface area contributed by atoms with Gasteiger partial charge in [0.05, 0.1) is 22.9 Å². The summed E-state index contributed by atoms with van der Waals surface area (Å²) >= 11 is 3.64. The van der Waals surface area contributed by atoms with E-state index in [1.807, 2.05) is 18.4 Å². The number of guanidine groups is 1. The monoisotopic (exact) mass is 574 g/mol. The van der Waals surface area contributed by atoms with Gasteiger partial charge in [-0.25, -0.2) is 9.97 Å². The molecule has 2 aromatic heterocycles. The number of rotatable bonds is 6. The molecule has 2 aliphatic rings. The average molecular weight is 575 g/mol. The van der Waals surface area contributed by atoms with E-state index in [0.29, 0.717) is 5.92 Å². The molecule has 0 saturated carbocycles. The molecule has 31 heavy (non-hydrogen) atoms. The van der Waals surface area contributed by atoms with Crippen LogP contribution in [0.5, 0.6) is 0 Å². The van der Waals surface area contributed by atoms with Gasteiger partial charge < -0.3 is 10.2 Å². The van der Waals surface area contributed by atoms with Crippen LogP contribution in [-0.4, -0.2) is 59.5 Å². The predicted molar refractivity (Wildman–Crippen MR) is 142 cm³/mol. The molecule has 0 spiro atoms. The van der Waals surface area contributed by atoms with Crippen molar-refractivity contribution in [2.45, 2.75) is 58.5 Å². The highest BCUT2D eigenvalue weighted by Crippen LogP contribution is 2.27. The second kappa shape index (κ2) is 11.9. The van der Waals surface area contributed by atoms with Crippen LogP contribution in [0, 0.1) is 12.8 Å². The summed E-state index contributed by atoms with van der Waals surface area (Å²) in [6.07, 6.45) is 7.44. The fourth-order valence-corrected chi connectivity index (χ4v) is 6.24. The summed E-state index contributed by atoms with van der Waals surface area (Å²) in [6.45, 7) is 7.22. The van der Waals surface area contributed by atoms with Crippen molar-refractivity contribution in [1.82, 2.24) is 25.1 Å². The van der Waals surface area contributed by atoms with E-state index in [1.54, 1.807) is 11.3 Å². The molecule has 0 bridgehead atoms. The van der Waals surface area contributed by atoms with Gasteiger partial charge in [-0.1, -0.05) is 0 Å². The minimum Gasteiger partial charge on any atom is -0.356 e. The Morgan fingerprint density at radius 1 is 1.26 bits per heavy atom. The van der Waals surface area contributed by atoms with E-state index >= 15 is 0 Å². The zero-order valence-electron chi connectivity index (χ0n) is 18.9. The maximum Gasteiger partial charge on any atom is 0.193 e. The molecule has 9 heteroatoms. The van der Waals surface area contributed by atoms with Crippen LogP contribution >= 0.6 is 46.7 Å². The molecule has 0 atom stereocenters. The van der Waals surface area contributed by atoms with E-state index in [-0.39, 0.29) is 24.0 Å². The third-order valence-corrected chi connectivity index (χ3v) is 8.11. The number of fused-ring (bicyclic) bond motifs is 1. The van der Waals surface area contributed by atoms with Crippen molar-refractivity contribution >= 4 is 52.6 Å². The third-order valence-electron chi connectivity index (χ3n) is 6.14. The Morgan fingerprint density at radius 2 is 2.03 bits per heavy atom. The van der Waals surface area contributed by atoms with Gasteiger partial charge in [-0.05, 0) is 64.5 Å². The number of aliphatic imine (C=N–C) groups is 1. The SMILES string of the molecule is CN=C(NCC1CCN(Cc2csc(C)n2)CC1)N(C)Cc1nc2c(s1)CCCC2.I. The number of piperidine rings is 1. The van der Waals surface area contributed by atoms with Crippen molar-refractivity contribution in [1.29, 1.82) is 0 Å². The smallest absolute Gasteiger partial charge is 0.193 e. The number of thiazole rings is 2. The van der Waals surface area contributed by atoms with Crippen molar-refractivity contribution in [2.75, 3.05) is 33.7 Å². The first-order chi connectivity index (χ1) is 14.6. The van der Waals surface area contributed by atoms with Crippen LogP contribution < -0.4 is 5.32 Å². The number of nitrogens with zero attached hydrogens (tertiary/aromatic N) is 5. The third kappa shape index (κ3) is 6.85. The lowest BCUT2D eigenvalue weighted by atomic mass is 9.97. The number of hydrogen-bond acceptors (Lipinski definition) is 6. The van der Waals surface area contributed by atoms with E-state index in [1.165, 1.54) is 53.4 Å². The van der Waals surface area contributed by atoms with E-state index in [2.05, 4.69) is 44.4 Å². The van der Waals surface area contributed by atoms with Crippen molar-refractivity contribution in [3.8, 4) is 0 Å². The number of halogens is 1. The Balaban J connectivity index is 0.00000272. The molecule has 0 unspecified atom stereocenters. The first kappa shape index (κ1) is 24.9. The normalized spacial score (nSPS) is 17.8. The van der Waals surface area contributed by atoms with Gasteiger partial charge in [0.15, 0.2) is 5.96 Å². The first-order valence-electron chi connectivity index (χ1n) is 11.1. The lowest BCUT2D eigenvalue weighted by molar-refractivity contribution is 0.176. The number of nitrogens with one attached hydrogen (secondary N) is 1. The van der Waals surface area contributed by atoms with Gasteiger partial charge >= 0.3 is 0 Å². The highest BCUT2D eigenvalue weighted by atomic mass is 127. The number of aryl methyl sites for hydroxylation is 3. The average Bonchev–Trinajstić information content (AvgIpc) is 3.34. The van der Waals surface area contributed by atoms with Crippen molar-refractivity contribution in [3.05, 3.63) is 31.7 Å². The number of aromatic nitrogens is 2. The molecule has 1 N–H and O–H groups in total. The second-order valence-corrected chi connectivity index (χ2v) is 10.8. The summed E-state index contributed by atoms with van der Waals surface area (Å²) in [7, 11) is 4.00. The van der Waals surface area contributed by atoms with Gasteiger partial charge in [-0.3, -0.25) is 9.89 Å². The Morgan fingerprint density at radius 3 is 2.71 bits per heavy atom. The van der Waals surface area contributed by atoms with Crippen LogP contribution in [0.4, 0.5) is 0 Å². The van der Waals surface area contributed by atoms with Gasteiger partial charge in [-0.2, -0.15) is 0 Å². The number of hydrogen-bond donors (Lipinski definition) is 1. The van der Waals surface area contributed by atoms with Crippen LogP contribution in [0.3, 0.4) is 0 Å². The minimum absolute atomic E-state index is 0. The van der Waals surface area contributed by atoms with Crippen molar-refractivity contribution < 1.29 is 0 Å². The van der Waals surface area contributed by atoms with Crippen LogP contribution in [0.15, 0.2) is 10.4 Å². The maximum atomic E-state index is 4.89. The lowest BCUT2D eigenvalue weighted by Crippen LogP contribution is -2.43. The second-order valence-electron chi connectivity index (χ2n) is 8.55. The highest BCUT2D eigenvalue weighted by molar-refractivity contribution is 14.0. The Bertz CT molecular complexity index is 833. The molecule has 0 amide bonds. The fourth-order valence-electron chi connectivity index (χ4n) is 4.43. The summed E-state index contributed by atoms with van der Waals surface area (Å²) in [5.41, 5.74) is 2.57. The van der Waals surface area contributed by atoms with Crippen LogP contribution in [0.25, 0.3) is 0 Å². The molecule has 1 saturated heterocycles. The van der Waals surface area contributed by atoms with E-state index in [9.17, 15) is 0 Å². The molecule has 3 heterocycles. The molecule has 1 aliphatic carbocycles. The van der Waals surface area contributed by atoms with Crippen molar-refractivity contribution in [2.24, 2.45) is 10.9 Å². The summed E-state index contributed by atoms with van der Waals surface area (Å²) in [4.78, 5) is 20.3. The molecule has 2 aromatic rings. The zero-order chi connectivity index (χ0) is 20.9. The predicted octanol–water partition coefficient (Wildman–Crippen LogP) is 4.32. The van der Waals surface area contributed by atoms with Gasteiger partial charge in [0, 0.05) is 37.4 Å². The Labute approximate surface area is 211 Å². The molecule has 1 aliphatic heterocycles. The lowest BCUT2D eigenvalue weighted by Gasteiger charge is -2.32. The van der Waals surface area contributed by atoms with Gasteiger partial charge in [0.1, 0.15) is 5.01 Å². The summed E-state index contributed by atoms with van der Waals surface area (Å²) in [5, 5.41) is 8.19. The van der Waals surface area contributed by atoms with Crippen molar-refractivity contribution in [3.63, 3.8) is 0 Å². The van der Waals surface area contributed by atoms with E-state index in [4.69, 9.17) is 4.98 Å². The first-order valence-corrected chi connectivity index (χ1v) is 12.8. The molecular weight excluding hydrogens is 539 g/mol. The van der Waals surface area contributed by atoms with Crippen LogP contribution in [-0.2, 0) is 25.9 Å². The molecule has 1 fully saturated rings. The van der Waals surface area contributed by atoms with Gasteiger partial charge in [0.2, 0.25) is 0 Å². The Hall–Kier alpha value is -0.780. The summed E-state index contributed by atoms with van der Waals surface area (Å²) < 4.78 is 0. The van der Waals surface area contributed by atoms with E-state index in [0.717, 1.165) is 50.1 Å². The topological polar surface area (TPSA) is 56.7 Å². The fraction of sp³-hybridized carbons (Fsp3) is 0.682. The maximum absolute atomic E-state index is 4.89. The van der Waals surface area contributed by atoms with Gasteiger partial charge in [-0.15, -0.1) is 46.7 Å². The molecule has 0 aromatic carbocycles. The van der Waals surface area contributed by atoms with E-state index < -0.39 is 0 Å². The Kier molecular flexibility index (Phi) is 9.54. The highest BCUT2D eigenvalue weighted by Gasteiger charge is 2.21. The largest absolute Gasteiger partial charge is 0.356 e. The molecule has 4 rings (SSSR count). The summed E-state index contributed by atoms with van der Waals surface area (Å²) in [6, 6.07) is 0. The van der Waals surface area contributed by atoms with Gasteiger partial charge in [0.25, 0.3) is 0 Å². The molecular formula is C22H35IN6S2.